The van der Waals surface area contributed by atoms with Gasteiger partial charge in [-0.1, -0.05) is 223 Å². The van der Waals surface area contributed by atoms with Gasteiger partial charge in [0.1, 0.15) is 6.10 Å². The van der Waals surface area contributed by atoms with Crippen molar-refractivity contribution in [2.45, 2.75) is 257 Å². The number of allylic oxidation sites excluding steroid dienone is 8. The van der Waals surface area contributed by atoms with Crippen LogP contribution in [0, 0.1) is 0 Å². The molecule has 0 aromatic heterocycles. The van der Waals surface area contributed by atoms with Crippen molar-refractivity contribution in [3.05, 3.63) is 48.6 Å². The Labute approximate surface area is 353 Å². The van der Waals surface area contributed by atoms with Crippen molar-refractivity contribution in [3.63, 3.8) is 0 Å². The van der Waals surface area contributed by atoms with Crippen molar-refractivity contribution >= 4 is 11.9 Å². The molecule has 0 aromatic carbocycles. The highest BCUT2D eigenvalue weighted by Gasteiger charge is 2.24. The molecule has 0 rings (SSSR count). The highest BCUT2D eigenvalue weighted by atomic mass is 16.5. The molecule has 0 saturated carbocycles. The summed E-state index contributed by atoms with van der Waals surface area (Å²) < 4.78 is 5.90. The second kappa shape index (κ2) is 44.9. The van der Waals surface area contributed by atoms with Crippen molar-refractivity contribution in [1.29, 1.82) is 0 Å². The molecule has 6 heteroatoms. The molecule has 0 heterocycles. The highest BCUT2D eigenvalue weighted by molar-refractivity contribution is 5.77. The zero-order valence-electron chi connectivity index (χ0n) is 37.7. The van der Waals surface area contributed by atoms with E-state index in [0.29, 0.717) is 19.3 Å². The van der Waals surface area contributed by atoms with E-state index >= 15 is 0 Å². The molecule has 0 spiro atoms. The largest absolute Gasteiger partial charge is 0.462 e. The first kappa shape index (κ1) is 54.8. The number of hydrogen-bond acceptors (Lipinski definition) is 5. The standard InChI is InChI=1S/C51H93NO5/c1-4-7-10-13-16-19-21-22-23-24-25-26-27-29-32-35-38-41-44-51(56)57-47(42-39-36-33-30-18-15-12-9-6-3)45-50(55)52-48(46-53)49(54)43-40-37-34-31-28-20-17-14-11-8-5-2/h16,19,21-26,47-49,53-54H,4-15,17-18,20,27-46H2,1-3H3,(H,52,55)/b19-16+,22-21+,24-23+,26-25+. The first-order valence-electron chi connectivity index (χ1n) is 24.4. The molecule has 6 nitrogen and oxygen atoms in total. The summed E-state index contributed by atoms with van der Waals surface area (Å²) in [6.07, 6.45) is 53.1. The molecule has 3 atom stereocenters. The van der Waals surface area contributed by atoms with Crippen LogP contribution in [0.1, 0.15) is 239 Å². The predicted molar refractivity (Wildman–Crippen MR) is 245 cm³/mol. The van der Waals surface area contributed by atoms with Gasteiger partial charge >= 0.3 is 5.97 Å². The van der Waals surface area contributed by atoms with Gasteiger partial charge in [-0.05, 0) is 51.4 Å². The number of rotatable bonds is 43. The van der Waals surface area contributed by atoms with Crippen LogP contribution in [-0.4, -0.2) is 46.9 Å². The molecule has 0 saturated heterocycles. The van der Waals surface area contributed by atoms with Crippen molar-refractivity contribution in [2.75, 3.05) is 6.61 Å². The Morgan fingerprint density at radius 2 is 0.895 bits per heavy atom. The summed E-state index contributed by atoms with van der Waals surface area (Å²) in [4.78, 5) is 26.0. The number of ether oxygens (including phenoxy) is 1. The molecule has 0 radical (unpaired) electrons. The Morgan fingerprint density at radius 1 is 0.509 bits per heavy atom. The molecule has 1 amide bonds. The van der Waals surface area contributed by atoms with Crippen molar-refractivity contribution in [3.8, 4) is 0 Å². The average molecular weight is 800 g/mol. The van der Waals surface area contributed by atoms with Crippen LogP contribution in [0.3, 0.4) is 0 Å². The highest BCUT2D eigenvalue weighted by Crippen LogP contribution is 2.18. The first-order valence-corrected chi connectivity index (χ1v) is 24.4. The van der Waals surface area contributed by atoms with Gasteiger partial charge in [-0.25, -0.2) is 0 Å². The molecule has 332 valence electrons. The number of esters is 1. The smallest absolute Gasteiger partial charge is 0.306 e. The van der Waals surface area contributed by atoms with Gasteiger partial charge < -0.3 is 20.3 Å². The number of unbranched alkanes of at least 4 members (excludes halogenated alkanes) is 26. The van der Waals surface area contributed by atoms with Crippen LogP contribution in [0.5, 0.6) is 0 Å². The SMILES string of the molecule is CCCCC/C=C/C=C/C=C/C=C/CCCCCCCC(=O)OC(CCCCCCCCCCC)CC(=O)NC(CO)C(O)CCCCCCCCCCCCC. The third-order valence-corrected chi connectivity index (χ3v) is 11.0. The second-order valence-electron chi connectivity index (χ2n) is 16.6. The minimum atomic E-state index is -0.788. The Hall–Kier alpha value is -2.18. The van der Waals surface area contributed by atoms with Crippen LogP contribution >= 0.6 is 0 Å². The number of nitrogens with one attached hydrogen (secondary N) is 1. The lowest BCUT2D eigenvalue weighted by molar-refractivity contribution is -0.151. The van der Waals surface area contributed by atoms with E-state index in [0.717, 1.165) is 83.5 Å². The quantitative estimate of drug-likeness (QED) is 0.0324. The van der Waals surface area contributed by atoms with Crippen LogP contribution in [0.2, 0.25) is 0 Å². The Morgan fingerprint density at radius 3 is 1.39 bits per heavy atom. The van der Waals surface area contributed by atoms with Gasteiger partial charge in [0.2, 0.25) is 5.91 Å². The lowest BCUT2D eigenvalue weighted by Crippen LogP contribution is -2.46. The van der Waals surface area contributed by atoms with Crippen LogP contribution < -0.4 is 5.32 Å². The van der Waals surface area contributed by atoms with Crippen molar-refractivity contribution in [1.82, 2.24) is 5.32 Å². The molecule has 0 aliphatic heterocycles. The predicted octanol–water partition coefficient (Wildman–Crippen LogP) is 14.3. The van der Waals surface area contributed by atoms with E-state index < -0.39 is 18.2 Å². The molecular weight excluding hydrogens is 707 g/mol. The Kier molecular flexibility index (Phi) is 43.2. The van der Waals surface area contributed by atoms with E-state index in [9.17, 15) is 19.8 Å². The van der Waals surface area contributed by atoms with E-state index in [2.05, 4.69) is 74.7 Å². The molecule has 0 aliphatic carbocycles. The zero-order chi connectivity index (χ0) is 41.7. The van der Waals surface area contributed by atoms with Crippen molar-refractivity contribution < 1.29 is 24.5 Å². The summed E-state index contributed by atoms with van der Waals surface area (Å²) in [5.74, 6) is -0.498. The molecule has 3 unspecified atom stereocenters. The maximum absolute atomic E-state index is 13.1. The fourth-order valence-electron chi connectivity index (χ4n) is 7.27. The lowest BCUT2D eigenvalue weighted by atomic mass is 10.0. The summed E-state index contributed by atoms with van der Waals surface area (Å²) in [6, 6.07) is -0.703. The molecule has 57 heavy (non-hydrogen) atoms. The number of hydrogen-bond donors (Lipinski definition) is 3. The summed E-state index contributed by atoms with van der Waals surface area (Å²) in [7, 11) is 0. The first-order chi connectivity index (χ1) is 28.0. The zero-order valence-corrected chi connectivity index (χ0v) is 37.7. The van der Waals surface area contributed by atoms with Crippen LogP contribution in [0.15, 0.2) is 48.6 Å². The van der Waals surface area contributed by atoms with Crippen LogP contribution in [-0.2, 0) is 14.3 Å². The number of carbonyl (C=O) groups excluding carboxylic acids is 2. The fraction of sp³-hybridized carbons (Fsp3) is 0.804. The van der Waals surface area contributed by atoms with Crippen molar-refractivity contribution in [2.24, 2.45) is 0 Å². The minimum absolute atomic E-state index is 0.0690. The maximum atomic E-state index is 13.1. The maximum Gasteiger partial charge on any atom is 0.306 e. The van der Waals surface area contributed by atoms with Gasteiger partial charge in [-0.3, -0.25) is 9.59 Å². The number of aliphatic hydroxyl groups excluding tert-OH is 2. The van der Waals surface area contributed by atoms with Gasteiger partial charge in [0.05, 0.1) is 25.2 Å². The van der Waals surface area contributed by atoms with Crippen LogP contribution in [0.25, 0.3) is 0 Å². The molecule has 0 aliphatic rings. The van der Waals surface area contributed by atoms with Gasteiger partial charge in [-0.15, -0.1) is 0 Å². The van der Waals surface area contributed by atoms with Gasteiger partial charge in [-0.2, -0.15) is 0 Å². The second-order valence-corrected chi connectivity index (χ2v) is 16.6. The summed E-state index contributed by atoms with van der Waals surface area (Å²) in [5, 5.41) is 23.6. The Bertz CT molecular complexity index is 988. The van der Waals surface area contributed by atoms with E-state index in [4.69, 9.17) is 4.74 Å². The molecule has 0 bridgehead atoms. The van der Waals surface area contributed by atoms with Gasteiger partial charge in [0.25, 0.3) is 0 Å². The number of amides is 1. The molecule has 3 N–H and O–H groups in total. The average Bonchev–Trinajstić information content (AvgIpc) is 3.20. The Balaban J connectivity index is 4.53. The lowest BCUT2D eigenvalue weighted by Gasteiger charge is -2.24. The summed E-state index contributed by atoms with van der Waals surface area (Å²) in [6.45, 7) is 6.41. The third kappa shape index (κ3) is 40.4. The fourth-order valence-corrected chi connectivity index (χ4v) is 7.27. The van der Waals surface area contributed by atoms with E-state index in [-0.39, 0.29) is 24.9 Å². The summed E-state index contributed by atoms with van der Waals surface area (Å²) in [5.41, 5.74) is 0. The van der Waals surface area contributed by atoms with Gasteiger partial charge in [0, 0.05) is 6.42 Å². The van der Waals surface area contributed by atoms with Gasteiger partial charge in [0.15, 0.2) is 0 Å². The third-order valence-electron chi connectivity index (χ3n) is 11.0. The minimum Gasteiger partial charge on any atom is -0.462 e. The number of aliphatic hydroxyl groups is 2. The topological polar surface area (TPSA) is 95.9 Å². The molecule has 0 aromatic rings. The monoisotopic (exact) mass is 800 g/mol. The summed E-state index contributed by atoms with van der Waals surface area (Å²) >= 11 is 0. The molecular formula is C51H93NO5. The van der Waals surface area contributed by atoms with Crippen LogP contribution in [0.4, 0.5) is 0 Å². The van der Waals surface area contributed by atoms with E-state index in [1.807, 2.05) is 0 Å². The van der Waals surface area contributed by atoms with E-state index in [1.54, 1.807) is 0 Å². The van der Waals surface area contributed by atoms with E-state index in [1.165, 1.54) is 109 Å². The normalized spacial score (nSPS) is 13.7. The number of carbonyl (C=O) groups is 2. The molecule has 0 fully saturated rings.